The molecule has 0 aliphatic carbocycles. The van der Waals surface area contributed by atoms with Crippen LogP contribution in [0.2, 0.25) is 0 Å². The maximum atomic E-state index is 13.7. The summed E-state index contributed by atoms with van der Waals surface area (Å²) in [4.78, 5) is 2.04. The quantitative estimate of drug-likeness (QED) is 0.898. The van der Waals surface area contributed by atoms with Crippen molar-refractivity contribution in [3.8, 4) is 5.75 Å². The zero-order valence-electron chi connectivity index (χ0n) is 11.4. The van der Waals surface area contributed by atoms with Gasteiger partial charge in [0.25, 0.3) is 0 Å². The van der Waals surface area contributed by atoms with E-state index in [0.717, 1.165) is 28.0 Å². The first-order valence-electron chi connectivity index (χ1n) is 6.45. The molecule has 0 amide bonds. The van der Waals surface area contributed by atoms with E-state index in [-0.39, 0.29) is 11.8 Å². The minimum atomic E-state index is -0.590. The van der Waals surface area contributed by atoms with Crippen molar-refractivity contribution in [3.63, 3.8) is 0 Å². The highest BCUT2D eigenvalue weighted by Gasteiger charge is 2.23. The Labute approximate surface area is 121 Å². The average molecular weight is 297 g/mol. The van der Waals surface area contributed by atoms with Crippen LogP contribution in [-0.2, 0) is 0 Å². The molecule has 0 aliphatic rings. The van der Waals surface area contributed by atoms with Crippen LogP contribution in [-0.4, -0.2) is 6.04 Å². The maximum Gasteiger partial charge on any atom is 0.165 e. The largest absolute Gasteiger partial charge is 0.480 e. The molecule has 1 heterocycles. The van der Waals surface area contributed by atoms with Crippen LogP contribution in [0.15, 0.2) is 30.3 Å². The number of aryl methyl sites for hydroxylation is 1. The van der Waals surface area contributed by atoms with Crippen LogP contribution in [0.4, 0.5) is 8.78 Å². The van der Waals surface area contributed by atoms with Gasteiger partial charge in [-0.15, -0.1) is 11.3 Å². The van der Waals surface area contributed by atoms with Crippen LogP contribution in [0.3, 0.4) is 0 Å². The van der Waals surface area contributed by atoms with E-state index in [1.54, 1.807) is 11.3 Å². The summed E-state index contributed by atoms with van der Waals surface area (Å²) in [5.74, 6) is -1.23. The van der Waals surface area contributed by atoms with Gasteiger partial charge in [-0.25, -0.2) is 8.78 Å². The molecule has 2 N–H and O–H groups in total. The molecule has 0 fully saturated rings. The third-order valence-electron chi connectivity index (χ3n) is 3.05. The first-order valence-corrected chi connectivity index (χ1v) is 7.26. The molecule has 20 heavy (non-hydrogen) atoms. The Morgan fingerprint density at radius 1 is 1.25 bits per heavy atom. The molecule has 0 radical (unpaired) electrons. The predicted molar refractivity (Wildman–Crippen MR) is 77.0 cm³/mol. The molecule has 5 heteroatoms. The van der Waals surface area contributed by atoms with Crippen molar-refractivity contribution in [3.05, 3.63) is 51.7 Å². The normalized spacial score (nSPS) is 14.1. The van der Waals surface area contributed by atoms with Crippen molar-refractivity contribution >= 4 is 11.3 Å². The van der Waals surface area contributed by atoms with E-state index >= 15 is 0 Å². The van der Waals surface area contributed by atoms with Gasteiger partial charge in [0.05, 0.1) is 0 Å². The Morgan fingerprint density at radius 2 is 2.00 bits per heavy atom. The molecule has 2 nitrogen and oxygen atoms in total. The van der Waals surface area contributed by atoms with E-state index in [0.29, 0.717) is 6.42 Å². The molecule has 0 saturated heterocycles. The Morgan fingerprint density at radius 3 is 2.60 bits per heavy atom. The van der Waals surface area contributed by atoms with E-state index in [9.17, 15) is 8.78 Å². The molecule has 0 aliphatic heterocycles. The molecule has 2 atom stereocenters. The maximum absolute atomic E-state index is 13.7. The molecular formula is C15H17F2NOS. The fourth-order valence-electron chi connectivity index (χ4n) is 1.88. The van der Waals surface area contributed by atoms with Crippen molar-refractivity contribution in [2.45, 2.75) is 32.4 Å². The molecule has 108 valence electrons. The van der Waals surface area contributed by atoms with Crippen LogP contribution in [0.5, 0.6) is 5.75 Å². The van der Waals surface area contributed by atoms with Crippen molar-refractivity contribution in [1.82, 2.24) is 0 Å². The first kappa shape index (κ1) is 14.9. The van der Waals surface area contributed by atoms with Gasteiger partial charge in [0.15, 0.2) is 11.6 Å². The number of nitrogens with two attached hydrogens (primary N) is 1. The van der Waals surface area contributed by atoms with Crippen LogP contribution < -0.4 is 10.5 Å². The third-order valence-corrected chi connectivity index (χ3v) is 4.11. The molecular weight excluding hydrogens is 280 g/mol. The second-order valence-corrected chi connectivity index (χ2v) is 5.95. The standard InChI is InChI=1S/C15H17F2NOS/c1-3-12(18)15(14-7-4-9(2)20-14)19-13-8-10(16)5-6-11(13)17/h4-8,12,15H,3,18H2,1-2H3. The summed E-state index contributed by atoms with van der Waals surface area (Å²) in [6, 6.07) is 6.75. The molecule has 0 spiro atoms. The van der Waals surface area contributed by atoms with Gasteiger partial charge < -0.3 is 10.5 Å². The van der Waals surface area contributed by atoms with Gasteiger partial charge in [-0.05, 0) is 37.6 Å². The van der Waals surface area contributed by atoms with Crippen molar-refractivity contribution in [1.29, 1.82) is 0 Å². The van der Waals surface area contributed by atoms with Crippen LogP contribution in [0, 0.1) is 18.6 Å². The number of ether oxygens (including phenoxy) is 1. The monoisotopic (exact) mass is 297 g/mol. The van der Waals surface area contributed by atoms with E-state index in [2.05, 4.69) is 0 Å². The van der Waals surface area contributed by atoms with Crippen LogP contribution in [0.1, 0.15) is 29.2 Å². The van der Waals surface area contributed by atoms with Gasteiger partial charge >= 0.3 is 0 Å². The fourth-order valence-corrected chi connectivity index (χ4v) is 2.86. The van der Waals surface area contributed by atoms with Crippen LogP contribution in [0.25, 0.3) is 0 Å². The second kappa shape index (κ2) is 6.33. The Bertz CT molecular complexity index is 585. The summed E-state index contributed by atoms with van der Waals surface area (Å²) in [5.41, 5.74) is 6.06. The Kier molecular flexibility index (Phi) is 4.73. The van der Waals surface area contributed by atoms with E-state index in [1.165, 1.54) is 0 Å². The van der Waals surface area contributed by atoms with E-state index in [4.69, 9.17) is 10.5 Å². The van der Waals surface area contributed by atoms with E-state index < -0.39 is 17.7 Å². The highest BCUT2D eigenvalue weighted by atomic mass is 32.1. The van der Waals surface area contributed by atoms with Crippen molar-refractivity contribution in [2.24, 2.45) is 5.73 Å². The summed E-state index contributed by atoms with van der Waals surface area (Å²) in [5, 5.41) is 0. The molecule has 0 saturated carbocycles. The second-order valence-electron chi connectivity index (χ2n) is 4.63. The lowest BCUT2D eigenvalue weighted by atomic mass is 10.1. The summed E-state index contributed by atoms with van der Waals surface area (Å²) in [7, 11) is 0. The van der Waals surface area contributed by atoms with Crippen LogP contribution >= 0.6 is 11.3 Å². The molecule has 2 rings (SSSR count). The SMILES string of the molecule is CCC(N)C(Oc1cc(F)ccc1F)c1ccc(C)s1. The number of rotatable bonds is 5. The number of halogens is 2. The minimum absolute atomic E-state index is 0.107. The summed E-state index contributed by atoms with van der Waals surface area (Å²) in [6.07, 6.45) is 0.202. The number of thiophene rings is 1. The van der Waals surface area contributed by atoms with Crippen molar-refractivity contribution in [2.75, 3.05) is 0 Å². The lowest BCUT2D eigenvalue weighted by molar-refractivity contribution is 0.166. The molecule has 1 aromatic heterocycles. The topological polar surface area (TPSA) is 35.2 Å². The van der Waals surface area contributed by atoms with Gasteiger partial charge in [-0.2, -0.15) is 0 Å². The average Bonchev–Trinajstić information content (AvgIpc) is 2.85. The summed E-state index contributed by atoms with van der Waals surface area (Å²) in [6.45, 7) is 3.91. The fraction of sp³-hybridized carbons (Fsp3) is 0.333. The van der Waals surface area contributed by atoms with Gasteiger partial charge in [0.1, 0.15) is 11.9 Å². The van der Waals surface area contributed by atoms with E-state index in [1.807, 2.05) is 26.0 Å². The van der Waals surface area contributed by atoms with Gasteiger partial charge in [-0.3, -0.25) is 0 Å². The molecule has 0 bridgehead atoms. The Hall–Kier alpha value is -1.46. The smallest absolute Gasteiger partial charge is 0.165 e. The number of hydrogen-bond acceptors (Lipinski definition) is 3. The van der Waals surface area contributed by atoms with Gasteiger partial charge in [-0.1, -0.05) is 6.92 Å². The third kappa shape index (κ3) is 3.35. The summed E-state index contributed by atoms with van der Waals surface area (Å²) < 4.78 is 32.5. The van der Waals surface area contributed by atoms with Gasteiger partial charge in [0.2, 0.25) is 0 Å². The molecule has 1 aromatic carbocycles. The highest BCUT2D eigenvalue weighted by molar-refractivity contribution is 7.12. The first-order chi connectivity index (χ1) is 9.51. The number of hydrogen-bond donors (Lipinski definition) is 1. The zero-order valence-corrected chi connectivity index (χ0v) is 12.2. The predicted octanol–water partition coefficient (Wildman–Crippen LogP) is 4.19. The summed E-state index contributed by atoms with van der Waals surface area (Å²) >= 11 is 1.55. The molecule has 2 aromatic rings. The van der Waals surface area contributed by atoms with Gasteiger partial charge in [0, 0.05) is 21.9 Å². The molecule has 2 unspecified atom stereocenters. The Balaban J connectivity index is 2.30. The van der Waals surface area contributed by atoms with Crippen molar-refractivity contribution < 1.29 is 13.5 Å². The number of benzene rings is 1. The highest BCUT2D eigenvalue weighted by Crippen LogP contribution is 2.31. The minimum Gasteiger partial charge on any atom is -0.480 e. The lowest BCUT2D eigenvalue weighted by Gasteiger charge is -2.23. The zero-order chi connectivity index (χ0) is 14.7. The lowest BCUT2D eigenvalue weighted by Crippen LogP contribution is -2.31.